The second-order valence-electron chi connectivity index (χ2n) is 7.53. The number of thioether (sulfide) groups is 2. The van der Waals surface area contributed by atoms with Gasteiger partial charge in [0.2, 0.25) is 0 Å². The van der Waals surface area contributed by atoms with E-state index in [4.69, 9.17) is 4.99 Å². The van der Waals surface area contributed by atoms with Crippen LogP contribution in [0.3, 0.4) is 0 Å². The molecule has 1 aromatic heterocycles. The second-order valence-corrected chi connectivity index (χ2v) is 9.45. The molecule has 2 aromatic rings. The van der Waals surface area contributed by atoms with Gasteiger partial charge in [0, 0.05) is 11.9 Å². The molecule has 5 heteroatoms. The first-order valence-corrected chi connectivity index (χ1v) is 10.6. The summed E-state index contributed by atoms with van der Waals surface area (Å²) >= 11 is 3.24. The highest BCUT2D eigenvalue weighted by Crippen LogP contribution is 2.47. The normalized spacial score (nSPS) is 19.7. The molecule has 2 heterocycles. The number of rotatable bonds is 3. The monoisotopic (exact) mass is 395 g/mol. The largest absolute Gasteiger partial charge is 0.241 e. The molecular weight excluding hydrogens is 370 g/mol. The van der Waals surface area contributed by atoms with E-state index in [2.05, 4.69) is 67.8 Å². The fourth-order valence-corrected chi connectivity index (χ4v) is 4.63. The van der Waals surface area contributed by atoms with Crippen molar-refractivity contribution in [3.63, 3.8) is 0 Å². The summed E-state index contributed by atoms with van der Waals surface area (Å²) in [6.45, 7) is 14.9. The molecule has 0 atom stereocenters. The first kappa shape index (κ1) is 19.9. The summed E-state index contributed by atoms with van der Waals surface area (Å²) in [6.07, 6.45) is 2.70. The van der Waals surface area contributed by atoms with Gasteiger partial charge in [-0.25, -0.2) is 15.0 Å². The number of nitrogens with zero attached hydrogens (tertiary/aromatic N) is 3. The number of hydrogen-bond acceptors (Lipinski definition) is 5. The standard InChI is InChI=1S/C22H25N3S2/c1-14-7-8-19(15(2)11-14)25-20-18(12-22(5,6)17(4)27-20)13-26-21-23-10-9-16(3)24-21/h7-11,13H,4,12H2,1-3,5-6H3/b18-13+,25-20?. The fraction of sp³-hybridized carbons (Fsp3) is 0.318. The van der Waals surface area contributed by atoms with E-state index in [9.17, 15) is 0 Å². The zero-order chi connectivity index (χ0) is 19.6. The molecule has 1 fully saturated rings. The van der Waals surface area contributed by atoms with Crippen LogP contribution in [0.4, 0.5) is 5.69 Å². The van der Waals surface area contributed by atoms with Crippen LogP contribution < -0.4 is 0 Å². The van der Waals surface area contributed by atoms with E-state index in [0.29, 0.717) is 0 Å². The van der Waals surface area contributed by atoms with Gasteiger partial charge in [-0.1, -0.05) is 61.6 Å². The molecule has 0 radical (unpaired) electrons. The van der Waals surface area contributed by atoms with Crippen molar-refractivity contribution < 1.29 is 0 Å². The predicted molar refractivity (Wildman–Crippen MR) is 119 cm³/mol. The Balaban J connectivity index is 1.96. The van der Waals surface area contributed by atoms with Gasteiger partial charge in [-0.05, 0) is 66.2 Å². The van der Waals surface area contributed by atoms with Gasteiger partial charge in [0.15, 0.2) is 5.16 Å². The van der Waals surface area contributed by atoms with Crippen molar-refractivity contribution in [2.45, 2.75) is 46.2 Å². The summed E-state index contributed by atoms with van der Waals surface area (Å²) in [5.41, 5.74) is 5.67. The molecule has 1 saturated heterocycles. The topological polar surface area (TPSA) is 38.1 Å². The summed E-state index contributed by atoms with van der Waals surface area (Å²) in [5, 5.41) is 3.94. The van der Waals surface area contributed by atoms with E-state index in [0.717, 1.165) is 32.9 Å². The number of hydrogen-bond donors (Lipinski definition) is 0. The average molecular weight is 396 g/mol. The third kappa shape index (κ3) is 4.90. The molecule has 0 bridgehead atoms. The molecule has 0 unspecified atom stereocenters. The van der Waals surface area contributed by atoms with Gasteiger partial charge < -0.3 is 0 Å². The molecule has 1 aliphatic rings. The first-order valence-electron chi connectivity index (χ1n) is 8.93. The molecular formula is C22H25N3S2. The quantitative estimate of drug-likeness (QED) is 0.424. The maximum absolute atomic E-state index is 4.98. The van der Waals surface area contributed by atoms with Gasteiger partial charge >= 0.3 is 0 Å². The molecule has 140 valence electrons. The summed E-state index contributed by atoms with van der Waals surface area (Å²) in [5.74, 6) is 0. The Morgan fingerprint density at radius 1 is 1.22 bits per heavy atom. The molecule has 1 aliphatic heterocycles. The van der Waals surface area contributed by atoms with Crippen LogP contribution in [0.15, 0.2) is 63.1 Å². The predicted octanol–water partition coefficient (Wildman–Crippen LogP) is 6.78. The Hall–Kier alpha value is -1.85. The van der Waals surface area contributed by atoms with Crippen LogP contribution in [-0.4, -0.2) is 15.0 Å². The van der Waals surface area contributed by atoms with Crippen LogP contribution in [0.25, 0.3) is 0 Å². The zero-order valence-corrected chi connectivity index (χ0v) is 18.2. The lowest BCUT2D eigenvalue weighted by atomic mass is 9.85. The Morgan fingerprint density at radius 3 is 2.70 bits per heavy atom. The molecule has 0 amide bonds. The molecule has 3 rings (SSSR count). The Morgan fingerprint density at radius 2 is 2.00 bits per heavy atom. The van der Waals surface area contributed by atoms with Crippen LogP contribution in [0.2, 0.25) is 0 Å². The fourth-order valence-electron chi connectivity index (χ4n) is 2.80. The van der Waals surface area contributed by atoms with Crippen molar-refractivity contribution >= 4 is 34.3 Å². The van der Waals surface area contributed by atoms with Gasteiger partial charge in [-0.15, -0.1) is 0 Å². The SMILES string of the molecule is C=C1SC(=Nc2ccc(C)cc2C)/C(=C/Sc2nccc(C)n2)CC1(C)C. The average Bonchev–Trinajstić information content (AvgIpc) is 2.59. The van der Waals surface area contributed by atoms with E-state index < -0.39 is 0 Å². The number of aromatic nitrogens is 2. The van der Waals surface area contributed by atoms with Crippen molar-refractivity contribution in [3.05, 3.63) is 69.7 Å². The van der Waals surface area contributed by atoms with E-state index in [1.165, 1.54) is 16.7 Å². The molecule has 27 heavy (non-hydrogen) atoms. The van der Waals surface area contributed by atoms with E-state index >= 15 is 0 Å². The smallest absolute Gasteiger partial charge is 0.192 e. The third-order valence-corrected chi connectivity index (χ3v) is 6.69. The van der Waals surface area contributed by atoms with Crippen LogP contribution in [-0.2, 0) is 0 Å². The van der Waals surface area contributed by atoms with Crippen molar-refractivity contribution in [1.29, 1.82) is 0 Å². The molecule has 0 aliphatic carbocycles. The van der Waals surface area contributed by atoms with Crippen molar-refractivity contribution in [1.82, 2.24) is 9.97 Å². The number of aryl methyl sites for hydroxylation is 3. The van der Waals surface area contributed by atoms with E-state index in [1.54, 1.807) is 29.7 Å². The van der Waals surface area contributed by atoms with Gasteiger partial charge in [0.05, 0.1) is 5.69 Å². The van der Waals surface area contributed by atoms with Crippen LogP contribution in [0.5, 0.6) is 0 Å². The molecule has 0 saturated carbocycles. The summed E-state index contributed by atoms with van der Waals surface area (Å²) in [4.78, 5) is 15.0. The minimum absolute atomic E-state index is 0.0336. The maximum atomic E-state index is 4.98. The Bertz CT molecular complexity index is 942. The molecule has 0 N–H and O–H groups in total. The third-order valence-electron chi connectivity index (χ3n) is 4.54. The molecule has 3 nitrogen and oxygen atoms in total. The maximum Gasteiger partial charge on any atom is 0.192 e. The number of benzene rings is 1. The summed E-state index contributed by atoms with van der Waals surface area (Å²) in [6, 6.07) is 8.28. The summed E-state index contributed by atoms with van der Waals surface area (Å²) in [7, 11) is 0. The van der Waals surface area contributed by atoms with Gasteiger partial charge in [-0.3, -0.25) is 0 Å². The lowest BCUT2D eigenvalue weighted by Crippen LogP contribution is -2.22. The minimum Gasteiger partial charge on any atom is -0.241 e. The number of allylic oxidation sites excluding steroid dienone is 1. The van der Waals surface area contributed by atoms with E-state index in [1.807, 2.05) is 13.0 Å². The Labute approximate surface area is 170 Å². The van der Waals surface area contributed by atoms with Crippen molar-refractivity contribution in [3.8, 4) is 0 Å². The highest BCUT2D eigenvalue weighted by Gasteiger charge is 2.32. The Kier molecular flexibility index (Phi) is 5.92. The van der Waals surface area contributed by atoms with Crippen LogP contribution in [0.1, 0.15) is 37.1 Å². The molecule has 0 spiro atoms. The molecule has 1 aromatic carbocycles. The van der Waals surface area contributed by atoms with Crippen LogP contribution >= 0.6 is 23.5 Å². The highest BCUT2D eigenvalue weighted by molar-refractivity contribution is 8.17. The first-order chi connectivity index (χ1) is 12.7. The lowest BCUT2D eigenvalue weighted by Gasteiger charge is -2.33. The summed E-state index contributed by atoms with van der Waals surface area (Å²) < 4.78 is 0. The van der Waals surface area contributed by atoms with Gasteiger partial charge in [-0.2, -0.15) is 0 Å². The van der Waals surface area contributed by atoms with E-state index in [-0.39, 0.29) is 5.41 Å². The second kappa shape index (κ2) is 8.03. The number of aliphatic imine (C=N–C) groups is 1. The van der Waals surface area contributed by atoms with Crippen molar-refractivity contribution in [2.75, 3.05) is 0 Å². The lowest BCUT2D eigenvalue weighted by molar-refractivity contribution is 0.472. The highest BCUT2D eigenvalue weighted by atomic mass is 32.2. The zero-order valence-electron chi connectivity index (χ0n) is 16.5. The van der Waals surface area contributed by atoms with Gasteiger partial charge in [0.1, 0.15) is 5.04 Å². The van der Waals surface area contributed by atoms with Gasteiger partial charge in [0.25, 0.3) is 0 Å². The minimum atomic E-state index is 0.0336. The van der Waals surface area contributed by atoms with Crippen molar-refractivity contribution in [2.24, 2.45) is 10.4 Å². The van der Waals surface area contributed by atoms with Crippen LogP contribution in [0, 0.1) is 26.2 Å².